The van der Waals surface area contributed by atoms with Gasteiger partial charge in [-0.1, -0.05) is 37.3 Å². The van der Waals surface area contributed by atoms with Gasteiger partial charge in [0, 0.05) is 24.5 Å². The van der Waals surface area contributed by atoms with Crippen LogP contribution in [0.2, 0.25) is 0 Å². The highest BCUT2D eigenvalue weighted by molar-refractivity contribution is 5.81. The molecule has 0 radical (unpaired) electrons. The molecule has 0 bridgehead atoms. The van der Waals surface area contributed by atoms with Gasteiger partial charge in [0.2, 0.25) is 0 Å². The van der Waals surface area contributed by atoms with Crippen LogP contribution < -0.4 is 10.9 Å². The lowest BCUT2D eigenvalue weighted by Crippen LogP contribution is -2.20. The Morgan fingerprint density at radius 1 is 1.04 bits per heavy atom. The van der Waals surface area contributed by atoms with Crippen molar-refractivity contribution >= 4 is 11.0 Å². The van der Waals surface area contributed by atoms with Gasteiger partial charge in [0.25, 0.3) is 0 Å². The van der Waals surface area contributed by atoms with Gasteiger partial charge in [-0.2, -0.15) is 0 Å². The number of benzene rings is 2. The number of hydrogen-bond donors (Lipinski definition) is 1. The first-order valence-electron chi connectivity index (χ1n) is 8.34. The fourth-order valence-electron chi connectivity index (χ4n) is 2.95. The molecule has 3 nitrogen and oxygen atoms in total. The lowest BCUT2D eigenvalue weighted by atomic mass is 10.0. The van der Waals surface area contributed by atoms with E-state index in [1.54, 1.807) is 6.07 Å². The molecule has 124 valence electrons. The standard InChI is InChI=1S/C21H23NO2/c1-14-9-19-18(11-21(23)24-20(19)10-15(14)2)13-22-12-16(3)17-7-5-4-6-8-17/h4-11,16,22H,12-13H2,1-3H3/t16-/m0/s1. The van der Waals surface area contributed by atoms with Crippen LogP contribution in [0, 0.1) is 13.8 Å². The Kier molecular flexibility index (Phi) is 4.81. The fraction of sp³-hybridized carbons (Fsp3) is 0.286. The van der Waals surface area contributed by atoms with Crippen molar-refractivity contribution in [2.75, 3.05) is 6.54 Å². The predicted molar refractivity (Wildman–Crippen MR) is 98.5 cm³/mol. The molecule has 24 heavy (non-hydrogen) atoms. The molecule has 0 unspecified atom stereocenters. The van der Waals surface area contributed by atoms with Gasteiger partial charge in [0.1, 0.15) is 5.58 Å². The highest BCUT2D eigenvalue weighted by Crippen LogP contribution is 2.22. The van der Waals surface area contributed by atoms with Crippen molar-refractivity contribution in [1.29, 1.82) is 0 Å². The van der Waals surface area contributed by atoms with Gasteiger partial charge in [-0.05, 0) is 54.2 Å². The summed E-state index contributed by atoms with van der Waals surface area (Å²) in [7, 11) is 0. The fourth-order valence-corrected chi connectivity index (χ4v) is 2.95. The largest absolute Gasteiger partial charge is 0.423 e. The van der Waals surface area contributed by atoms with Crippen molar-refractivity contribution < 1.29 is 4.42 Å². The van der Waals surface area contributed by atoms with E-state index >= 15 is 0 Å². The molecule has 0 aliphatic rings. The van der Waals surface area contributed by atoms with E-state index in [0.717, 1.165) is 23.1 Å². The maximum atomic E-state index is 11.8. The first-order chi connectivity index (χ1) is 11.5. The highest BCUT2D eigenvalue weighted by Gasteiger charge is 2.09. The monoisotopic (exact) mass is 321 g/mol. The number of nitrogens with one attached hydrogen (secondary N) is 1. The van der Waals surface area contributed by atoms with E-state index in [-0.39, 0.29) is 5.63 Å². The van der Waals surface area contributed by atoms with Crippen LogP contribution in [-0.4, -0.2) is 6.54 Å². The van der Waals surface area contributed by atoms with Crippen LogP contribution in [0.15, 0.2) is 57.7 Å². The highest BCUT2D eigenvalue weighted by atomic mass is 16.4. The predicted octanol–water partition coefficient (Wildman–Crippen LogP) is 4.30. The van der Waals surface area contributed by atoms with Crippen molar-refractivity contribution in [3.8, 4) is 0 Å². The lowest BCUT2D eigenvalue weighted by Gasteiger charge is -2.14. The SMILES string of the molecule is Cc1cc2oc(=O)cc(CNC[C@H](C)c3ccccc3)c2cc1C. The quantitative estimate of drug-likeness (QED) is 0.712. The van der Waals surface area contributed by atoms with Crippen molar-refractivity contribution in [2.24, 2.45) is 0 Å². The molecule has 0 saturated carbocycles. The number of rotatable bonds is 5. The third-order valence-electron chi connectivity index (χ3n) is 4.58. The molecule has 0 saturated heterocycles. The van der Waals surface area contributed by atoms with Gasteiger partial charge >= 0.3 is 5.63 Å². The zero-order valence-corrected chi connectivity index (χ0v) is 14.4. The summed E-state index contributed by atoms with van der Waals surface area (Å²) in [6, 6.07) is 16.1. The van der Waals surface area contributed by atoms with Gasteiger partial charge in [-0.25, -0.2) is 4.79 Å². The molecule has 0 aliphatic heterocycles. The Hall–Kier alpha value is -2.39. The van der Waals surface area contributed by atoms with Crippen molar-refractivity contribution in [3.63, 3.8) is 0 Å². The second kappa shape index (κ2) is 7.02. The Balaban J connectivity index is 1.78. The van der Waals surface area contributed by atoms with Crippen LogP contribution >= 0.6 is 0 Å². The molecule has 3 aromatic rings. The van der Waals surface area contributed by atoms with E-state index in [4.69, 9.17) is 4.42 Å². The van der Waals surface area contributed by atoms with Crippen molar-refractivity contribution in [2.45, 2.75) is 33.2 Å². The minimum Gasteiger partial charge on any atom is -0.423 e. The molecule has 1 aromatic heterocycles. The Morgan fingerprint density at radius 3 is 2.50 bits per heavy atom. The van der Waals surface area contributed by atoms with E-state index < -0.39 is 0 Å². The van der Waals surface area contributed by atoms with Gasteiger partial charge < -0.3 is 9.73 Å². The second-order valence-electron chi connectivity index (χ2n) is 6.47. The average Bonchev–Trinajstić information content (AvgIpc) is 2.57. The van der Waals surface area contributed by atoms with E-state index in [1.807, 2.05) is 19.1 Å². The van der Waals surface area contributed by atoms with E-state index in [1.165, 1.54) is 11.1 Å². The summed E-state index contributed by atoms with van der Waals surface area (Å²) < 4.78 is 5.35. The van der Waals surface area contributed by atoms with E-state index in [2.05, 4.69) is 49.5 Å². The zero-order chi connectivity index (χ0) is 17.1. The summed E-state index contributed by atoms with van der Waals surface area (Å²) in [4.78, 5) is 11.8. The zero-order valence-electron chi connectivity index (χ0n) is 14.4. The molecule has 0 aliphatic carbocycles. The molecule has 1 heterocycles. The van der Waals surface area contributed by atoms with E-state index in [9.17, 15) is 4.79 Å². The van der Waals surface area contributed by atoms with Crippen LogP contribution in [0.3, 0.4) is 0 Å². The minimum atomic E-state index is -0.293. The molecule has 1 N–H and O–H groups in total. The van der Waals surface area contributed by atoms with Crippen LogP contribution in [0.4, 0.5) is 0 Å². The topological polar surface area (TPSA) is 42.2 Å². The van der Waals surface area contributed by atoms with Crippen LogP contribution in [-0.2, 0) is 6.54 Å². The number of fused-ring (bicyclic) bond motifs is 1. The molecule has 1 atom stereocenters. The molecular formula is C21H23NO2. The maximum absolute atomic E-state index is 11.8. The average molecular weight is 321 g/mol. The Labute approximate surface area is 142 Å². The first-order valence-corrected chi connectivity index (χ1v) is 8.34. The van der Waals surface area contributed by atoms with Crippen LogP contribution in [0.5, 0.6) is 0 Å². The normalized spacial score (nSPS) is 12.5. The van der Waals surface area contributed by atoms with Crippen LogP contribution in [0.1, 0.15) is 35.1 Å². The number of aryl methyl sites for hydroxylation is 2. The molecule has 2 aromatic carbocycles. The summed E-state index contributed by atoms with van der Waals surface area (Å²) in [5.41, 5.74) is 5.01. The van der Waals surface area contributed by atoms with Crippen molar-refractivity contribution in [1.82, 2.24) is 5.32 Å². The molecule has 0 amide bonds. The molecule has 3 rings (SSSR count). The third kappa shape index (κ3) is 3.57. The summed E-state index contributed by atoms with van der Waals surface area (Å²) in [6.07, 6.45) is 0. The lowest BCUT2D eigenvalue weighted by molar-refractivity contribution is 0.554. The van der Waals surface area contributed by atoms with E-state index in [0.29, 0.717) is 18.0 Å². The first kappa shape index (κ1) is 16.5. The molecule has 0 fully saturated rings. The number of hydrogen-bond acceptors (Lipinski definition) is 3. The van der Waals surface area contributed by atoms with Gasteiger partial charge in [-0.3, -0.25) is 0 Å². The smallest absolute Gasteiger partial charge is 0.336 e. The van der Waals surface area contributed by atoms with Crippen molar-refractivity contribution in [3.05, 3.63) is 81.2 Å². The maximum Gasteiger partial charge on any atom is 0.336 e. The second-order valence-corrected chi connectivity index (χ2v) is 6.47. The molecule has 3 heteroatoms. The van der Waals surface area contributed by atoms with Gasteiger partial charge in [-0.15, -0.1) is 0 Å². The summed E-state index contributed by atoms with van der Waals surface area (Å²) >= 11 is 0. The Bertz CT molecular complexity index is 897. The summed E-state index contributed by atoms with van der Waals surface area (Å²) in [5, 5.41) is 4.48. The summed E-state index contributed by atoms with van der Waals surface area (Å²) in [6.45, 7) is 7.82. The minimum absolute atomic E-state index is 0.293. The van der Waals surface area contributed by atoms with Crippen LogP contribution in [0.25, 0.3) is 11.0 Å². The van der Waals surface area contributed by atoms with Gasteiger partial charge in [0.15, 0.2) is 0 Å². The summed E-state index contributed by atoms with van der Waals surface area (Å²) in [5.74, 6) is 0.418. The molecule has 0 spiro atoms. The molecular weight excluding hydrogens is 298 g/mol. The third-order valence-corrected chi connectivity index (χ3v) is 4.58. The van der Waals surface area contributed by atoms with Gasteiger partial charge in [0.05, 0.1) is 0 Å². The Morgan fingerprint density at radius 2 is 1.75 bits per heavy atom.